The zero-order valence-electron chi connectivity index (χ0n) is 13.6. The first-order valence-corrected chi connectivity index (χ1v) is 9.66. The molecule has 0 atom stereocenters. The molecule has 0 aliphatic heterocycles. The highest BCUT2D eigenvalue weighted by molar-refractivity contribution is 7.19. The number of nitrogens with zero attached hydrogens (tertiary/aromatic N) is 2. The van der Waals surface area contributed by atoms with Crippen molar-refractivity contribution in [2.75, 3.05) is 11.9 Å². The first-order chi connectivity index (χ1) is 11.2. The fraction of sp³-hybridized carbons (Fsp3) is 0.412. The van der Waals surface area contributed by atoms with Crippen LogP contribution in [0.3, 0.4) is 0 Å². The van der Waals surface area contributed by atoms with Gasteiger partial charge in [-0.05, 0) is 37.9 Å². The van der Waals surface area contributed by atoms with Gasteiger partial charge in [-0.2, -0.15) is 0 Å². The summed E-state index contributed by atoms with van der Waals surface area (Å²) in [5, 5.41) is 6.65. The summed E-state index contributed by atoms with van der Waals surface area (Å²) in [7, 11) is 0. The van der Waals surface area contributed by atoms with Gasteiger partial charge in [-0.1, -0.05) is 13.3 Å². The summed E-state index contributed by atoms with van der Waals surface area (Å²) in [6.07, 6.45) is 4.97. The highest BCUT2D eigenvalue weighted by Crippen LogP contribution is 2.37. The minimum absolute atomic E-state index is 0.685. The summed E-state index contributed by atoms with van der Waals surface area (Å²) in [6.45, 7) is 5.71. The van der Waals surface area contributed by atoms with Crippen LogP contribution in [0.25, 0.3) is 10.2 Å². The van der Waals surface area contributed by atoms with Crippen LogP contribution in [0.5, 0.6) is 0 Å². The van der Waals surface area contributed by atoms with Gasteiger partial charge < -0.3 is 11.1 Å². The molecule has 0 bridgehead atoms. The molecule has 23 heavy (non-hydrogen) atoms. The third-order valence-corrected chi connectivity index (χ3v) is 5.83. The number of thiophene rings is 1. The Hall–Kier alpha value is -1.50. The van der Waals surface area contributed by atoms with E-state index in [4.69, 9.17) is 10.7 Å². The van der Waals surface area contributed by atoms with Gasteiger partial charge in [-0.15, -0.1) is 22.7 Å². The first kappa shape index (κ1) is 16.4. The average Bonchev–Trinajstić information content (AvgIpc) is 3.15. The number of aryl methyl sites for hydroxylation is 2. The van der Waals surface area contributed by atoms with Crippen LogP contribution in [0.1, 0.15) is 34.5 Å². The first-order valence-electron chi connectivity index (χ1n) is 7.97. The molecule has 0 amide bonds. The summed E-state index contributed by atoms with van der Waals surface area (Å²) in [4.78, 5) is 10.6. The van der Waals surface area contributed by atoms with Crippen LogP contribution in [-0.4, -0.2) is 16.5 Å². The van der Waals surface area contributed by atoms with Crippen molar-refractivity contribution >= 4 is 38.6 Å². The molecule has 0 unspecified atom stereocenters. The van der Waals surface area contributed by atoms with E-state index in [1.54, 1.807) is 11.3 Å². The number of anilines is 1. The monoisotopic (exact) mass is 346 g/mol. The molecule has 0 saturated carbocycles. The van der Waals surface area contributed by atoms with E-state index >= 15 is 0 Å². The van der Waals surface area contributed by atoms with Crippen LogP contribution >= 0.6 is 22.7 Å². The van der Waals surface area contributed by atoms with E-state index in [9.17, 15) is 0 Å². The van der Waals surface area contributed by atoms with E-state index in [1.165, 1.54) is 15.1 Å². The predicted octanol–water partition coefficient (Wildman–Crippen LogP) is 4.13. The van der Waals surface area contributed by atoms with Gasteiger partial charge in [-0.3, -0.25) is 4.98 Å². The summed E-state index contributed by atoms with van der Waals surface area (Å²) in [5.41, 5.74) is 10.6. The van der Waals surface area contributed by atoms with Gasteiger partial charge in [0.1, 0.15) is 5.01 Å². The number of aromatic nitrogens is 2. The molecule has 3 aromatic rings. The second-order valence-corrected chi connectivity index (χ2v) is 7.65. The van der Waals surface area contributed by atoms with Gasteiger partial charge in [0.15, 0.2) is 0 Å². The number of fused-ring (bicyclic) bond motifs is 1. The third-order valence-electron chi connectivity index (χ3n) is 3.73. The van der Waals surface area contributed by atoms with Gasteiger partial charge in [0, 0.05) is 22.1 Å². The Labute approximate surface area is 144 Å². The number of pyridine rings is 1. The number of hydrogen-bond donors (Lipinski definition) is 2. The van der Waals surface area contributed by atoms with Crippen molar-refractivity contribution in [1.82, 2.24) is 9.97 Å². The Morgan fingerprint density at radius 3 is 2.87 bits per heavy atom. The Balaban J connectivity index is 2.01. The van der Waals surface area contributed by atoms with Crippen molar-refractivity contribution in [2.24, 2.45) is 5.73 Å². The maximum absolute atomic E-state index is 5.80. The Morgan fingerprint density at radius 1 is 1.30 bits per heavy atom. The summed E-state index contributed by atoms with van der Waals surface area (Å²) < 4.78 is 1.25. The van der Waals surface area contributed by atoms with Crippen LogP contribution in [-0.2, 0) is 19.4 Å². The molecule has 122 valence electrons. The smallest absolute Gasteiger partial charge is 0.112 e. The topological polar surface area (TPSA) is 63.8 Å². The van der Waals surface area contributed by atoms with Crippen molar-refractivity contribution in [1.29, 1.82) is 0 Å². The lowest BCUT2D eigenvalue weighted by Gasteiger charge is -2.07. The van der Waals surface area contributed by atoms with Gasteiger partial charge in [0.2, 0.25) is 0 Å². The van der Waals surface area contributed by atoms with Gasteiger partial charge in [0.25, 0.3) is 0 Å². The molecule has 3 rings (SSSR count). The van der Waals surface area contributed by atoms with Crippen LogP contribution in [0.2, 0.25) is 0 Å². The molecule has 0 aromatic carbocycles. The Bertz CT molecular complexity index is 778. The lowest BCUT2D eigenvalue weighted by Crippen LogP contribution is -2.03. The lowest BCUT2D eigenvalue weighted by atomic mass is 10.1. The fourth-order valence-corrected chi connectivity index (χ4v) is 4.62. The largest absolute Gasteiger partial charge is 0.377 e. The normalized spacial score (nSPS) is 11.3. The standard InChI is InChI=1S/C17H22N4S2/c1-3-4-12-14(5-6-18)23-17-13(9-11(2)21-16(12)17)20-10-15-19-7-8-22-15/h7-9H,3-6,10,18H2,1-2H3,(H,20,21). The second-order valence-electron chi connectivity index (χ2n) is 5.56. The number of hydrogen-bond acceptors (Lipinski definition) is 6. The van der Waals surface area contributed by atoms with E-state index < -0.39 is 0 Å². The number of nitrogens with two attached hydrogens (primary N) is 1. The van der Waals surface area contributed by atoms with Crippen LogP contribution in [0, 0.1) is 6.92 Å². The van der Waals surface area contributed by atoms with Crippen molar-refractivity contribution in [3.63, 3.8) is 0 Å². The van der Waals surface area contributed by atoms with E-state index in [2.05, 4.69) is 30.2 Å². The molecule has 3 aromatic heterocycles. The zero-order chi connectivity index (χ0) is 16.2. The summed E-state index contributed by atoms with van der Waals surface area (Å²) in [6, 6.07) is 2.13. The summed E-state index contributed by atoms with van der Waals surface area (Å²) in [5.74, 6) is 0. The fourth-order valence-electron chi connectivity index (χ4n) is 2.77. The molecule has 0 saturated heterocycles. The summed E-state index contributed by atoms with van der Waals surface area (Å²) >= 11 is 3.51. The number of nitrogens with one attached hydrogen (secondary N) is 1. The molecule has 0 spiro atoms. The van der Waals surface area contributed by atoms with Crippen LogP contribution < -0.4 is 11.1 Å². The second kappa shape index (κ2) is 7.38. The molecular weight excluding hydrogens is 324 g/mol. The molecular formula is C17H22N4S2. The lowest BCUT2D eigenvalue weighted by molar-refractivity contribution is 0.897. The number of rotatable bonds is 7. The van der Waals surface area contributed by atoms with E-state index in [0.29, 0.717) is 6.54 Å². The highest BCUT2D eigenvalue weighted by Gasteiger charge is 2.16. The van der Waals surface area contributed by atoms with Crippen molar-refractivity contribution in [2.45, 2.75) is 39.7 Å². The Kier molecular flexibility index (Phi) is 5.25. The third kappa shape index (κ3) is 3.54. The molecule has 3 N–H and O–H groups in total. The van der Waals surface area contributed by atoms with E-state index in [-0.39, 0.29) is 0 Å². The molecule has 6 heteroatoms. The predicted molar refractivity (Wildman–Crippen MR) is 101 cm³/mol. The van der Waals surface area contributed by atoms with Crippen molar-refractivity contribution in [3.05, 3.63) is 38.8 Å². The molecule has 4 nitrogen and oxygen atoms in total. The Morgan fingerprint density at radius 2 is 2.17 bits per heavy atom. The molecule has 3 heterocycles. The van der Waals surface area contributed by atoms with Crippen molar-refractivity contribution < 1.29 is 0 Å². The van der Waals surface area contributed by atoms with Crippen molar-refractivity contribution in [3.8, 4) is 0 Å². The van der Waals surface area contributed by atoms with Crippen LogP contribution in [0.4, 0.5) is 5.69 Å². The van der Waals surface area contributed by atoms with Gasteiger partial charge >= 0.3 is 0 Å². The maximum atomic E-state index is 5.80. The molecule has 0 aliphatic rings. The SMILES string of the molecule is CCCc1c(CCN)sc2c(NCc3nccs3)cc(C)nc12. The molecule has 0 radical (unpaired) electrons. The minimum Gasteiger partial charge on any atom is -0.377 e. The molecule has 0 aliphatic carbocycles. The quantitative estimate of drug-likeness (QED) is 0.675. The van der Waals surface area contributed by atoms with E-state index in [1.807, 2.05) is 22.9 Å². The zero-order valence-corrected chi connectivity index (χ0v) is 15.2. The maximum Gasteiger partial charge on any atom is 0.112 e. The average molecular weight is 347 g/mol. The van der Waals surface area contributed by atoms with Crippen LogP contribution in [0.15, 0.2) is 17.6 Å². The highest BCUT2D eigenvalue weighted by atomic mass is 32.1. The van der Waals surface area contributed by atoms with E-state index in [0.717, 1.165) is 47.7 Å². The van der Waals surface area contributed by atoms with Gasteiger partial charge in [-0.25, -0.2) is 4.98 Å². The minimum atomic E-state index is 0.685. The number of thiazole rings is 1. The van der Waals surface area contributed by atoms with Gasteiger partial charge in [0.05, 0.1) is 22.4 Å². The molecule has 0 fully saturated rings.